The zero-order valence-corrected chi connectivity index (χ0v) is 17.0. The molecule has 0 fully saturated rings. The van der Waals surface area contributed by atoms with E-state index in [1.54, 1.807) is 39.5 Å². The number of nitrogens with zero attached hydrogens (tertiary/aromatic N) is 1. The summed E-state index contributed by atoms with van der Waals surface area (Å²) in [5.74, 6) is 0. The van der Waals surface area contributed by atoms with Crippen LogP contribution in [0.2, 0.25) is 0 Å². The lowest BCUT2D eigenvalue weighted by Gasteiger charge is -2.37. The normalized spacial score (nSPS) is 13.3. The molecule has 2 rings (SSSR count). The standard InChI is InChI=1S/C19H28BN2O2S/c1-17(2,3)22-25-15-11-10-14(16-13(15)9-8-12-21-16)20-24-19(6,7)18(4,5)23/h8-12,22-23H,1-7H3. The number of nitrogens with one attached hydrogen (secondary N) is 1. The molecule has 4 nitrogen and oxygen atoms in total. The number of aromatic nitrogens is 1. The highest BCUT2D eigenvalue weighted by Gasteiger charge is 2.35. The summed E-state index contributed by atoms with van der Waals surface area (Å²) in [4.78, 5) is 5.66. The molecule has 0 amide bonds. The quantitative estimate of drug-likeness (QED) is 0.611. The fourth-order valence-electron chi connectivity index (χ4n) is 1.92. The van der Waals surface area contributed by atoms with Crippen LogP contribution in [0.25, 0.3) is 10.9 Å². The minimum atomic E-state index is -0.959. The Hall–Kier alpha value is -1.08. The van der Waals surface area contributed by atoms with Crippen molar-refractivity contribution in [1.29, 1.82) is 0 Å². The molecule has 0 aliphatic rings. The van der Waals surface area contributed by atoms with Gasteiger partial charge in [0.25, 0.3) is 0 Å². The van der Waals surface area contributed by atoms with Gasteiger partial charge in [0.1, 0.15) is 0 Å². The highest BCUT2D eigenvalue weighted by Crippen LogP contribution is 2.27. The zero-order chi connectivity index (χ0) is 18.9. The number of benzene rings is 1. The van der Waals surface area contributed by atoms with Crippen molar-refractivity contribution in [3.63, 3.8) is 0 Å². The summed E-state index contributed by atoms with van der Waals surface area (Å²) in [7, 11) is 1.69. The molecule has 0 saturated carbocycles. The topological polar surface area (TPSA) is 54.4 Å². The Labute approximate surface area is 156 Å². The number of hydrogen-bond donors (Lipinski definition) is 2. The summed E-state index contributed by atoms with van der Waals surface area (Å²) in [5.41, 5.74) is 0.126. The van der Waals surface area contributed by atoms with Gasteiger partial charge in [-0.3, -0.25) is 9.71 Å². The van der Waals surface area contributed by atoms with Crippen LogP contribution in [0.1, 0.15) is 48.5 Å². The second-order valence-corrected chi connectivity index (χ2v) is 9.16. The van der Waals surface area contributed by atoms with E-state index in [9.17, 15) is 5.11 Å². The van der Waals surface area contributed by atoms with Crippen molar-refractivity contribution < 1.29 is 9.76 Å². The first-order valence-electron chi connectivity index (χ1n) is 8.46. The lowest BCUT2D eigenvalue weighted by atomic mass is 9.81. The van der Waals surface area contributed by atoms with Gasteiger partial charge >= 0.3 is 7.48 Å². The highest BCUT2D eigenvalue weighted by molar-refractivity contribution is 7.97. The van der Waals surface area contributed by atoms with Crippen molar-refractivity contribution in [3.8, 4) is 0 Å². The summed E-state index contributed by atoms with van der Waals surface area (Å²) in [5, 5.41) is 11.3. The van der Waals surface area contributed by atoms with Crippen LogP contribution < -0.4 is 10.2 Å². The Morgan fingerprint density at radius 2 is 1.76 bits per heavy atom. The van der Waals surface area contributed by atoms with Gasteiger partial charge in [0.15, 0.2) is 0 Å². The lowest BCUT2D eigenvalue weighted by Crippen LogP contribution is -2.49. The molecule has 0 spiro atoms. The minimum absolute atomic E-state index is 0.0177. The first-order valence-corrected chi connectivity index (χ1v) is 9.27. The maximum absolute atomic E-state index is 10.3. The van der Waals surface area contributed by atoms with Crippen molar-refractivity contribution in [2.75, 3.05) is 0 Å². The van der Waals surface area contributed by atoms with Crippen molar-refractivity contribution in [2.45, 2.75) is 70.1 Å². The third kappa shape index (κ3) is 5.20. The van der Waals surface area contributed by atoms with Crippen LogP contribution in [0.3, 0.4) is 0 Å². The summed E-state index contributed by atoms with van der Waals surface area (Å²) in [6, 6.07) is 8.07. The van der Waals surface area contributed by atoms with Crippen molar-refractivity contribution in [3.05, 3.63) is 30.5 Å². The van der Waals surface area contributed by atoms with E-state index in [0.29, 0.717) is 0 Å². The van der Waals surface area contributed by atoms with Crippen LogP contribution in [0.5, 0.6) is 0 Å². The molecule has 2 aromatic rings. The maximum Gasteiger partial charge on any atom is 0.333 e. The van der Waals surface area contributed by atoms with Gasteiger partial charge in [-0.2, -0.15) is 0 Å². The summed E-state index contributed by atoms with van der Waals surface area (Å²) in [6.45, 7) is 13.6. The molecule has 2 N–H and O–H groups in total. The molecular weight excluding hydrogens is 331 g/mol. The molecule has 1 aromatic heterocycles. The smallest absolute Gasteiger partial charge is 0.333 e. The lowest BCUT2D eigenvalue weighted by molar-refractivity contribution is -0.0893. The number of aliphatic hydroxyl groups is 1. The van der Waals surface area contributed by atoms with Crippen molar-refractivity contribution in [1.82, 2.24) is 9.71 Å². The summed E-state index contributed by atoms with van der Waals surface area (Å²) in [6.07, 6.45) is 1.78. The molecule has 0 aliphatic carbocycles. The third-order valence-corrected chi connectivity index (χ3v) is 5.47. The fraction of sp³-hybridized carbons (Fsp3) is 0.526. The third-order valence-electron chi connectivity index (χ3n) is 4.18. The number of pyridine rings is 1. The van der Waals surface area contributed by atoms with Crippen LogP contribution in [-0.4, -0.2) is 34.3 Å². The zero-order valence-electron chi connectivity index (χ0n) is 16.2. The molecular formula is C19H28BN2O2S. The molecule has 6 heteroatoms. The monoisotopic (exact) mass is 359 g/mol. The molecule has 0 bridgehead atoms. The SMILES string of the molecule is CC(C)(C)NSc1ccc([B]OC(C)(C)C(C)(C)O)c2ncccc12. The van der Waals surface area contributed by atoms with Crippen LogP contribution in [0.15, 0.2) is 35.4 Å². The number of rotatable bonds is 6. The van der Waals surface area contributed by atoms with Crippen LogP contribution in [0.4, 0.5) is 0 Å². The molecule has 1 radical (unpaired) electrons. The second-order valence-electron chi connectivity index (χ2n) is 8.31. The molecule has 1 aromatic carbocycles. The molecule has 1 heterocycles. The van der Waals surface area contributed by atoms with E-state index in [1.807, 2.05) is 26.0 Å². The van der Waals surface area contributed by atoms with E-state index in [4.69, 9.17) is 4.65 Å². The van der Waals surface area contributed by atoms with Gasteiger partial charge < -0.3 is 9.76 Å². The van der Waals surface area contributed by atoms with E-state index in [-0.39, 0.29) is 5.54 Å². The van der Waals surface area contributed by atoms with E-state index in [2.05, 4.69) is 42.6 Å². The summed E-state index contributed by atoms with van der Waals surface area (Å²) >= 11 is 1.61. The molecule has 0 atom stereocenters. The molecule has 0 unspecified atom stereocenters. The van der Waals surface area contributed by atoms with Crippen LogP contribution in [-0.2, 0) is 4.65 Å². The van der Waals surface area contributed by atoms with Crippen LogP contribution >= 0.6 is 11.9 Å². The highest BCUT2D eigenvalue weighted by atomic mass is 32.2. The maximum atomic E-state index is 10.3. The van der Waals surface area contributed by atoms with E-state index in [1.165, 1.54) is 0 Å². The van der Waals surface area contributed by atoms with Gasteiger partial charge in [0.05, 0.1) is 16.7 Å². The largest absolute Gasteiger partial charge is 0.427 e. The molecule has 0 aliphatic heterocycles. The van der Waals surface area contributed by atoms with Gasteiger partial charge in [0.2, 0.25) is 0 Å². The van der Waals surface area contributed by atoms with E-state index in [0.717, 1.165) is 21.3 Å². The van der Waals surface area contributed by atoms with Gasteiger partial charge in [-0.25, -0.2) is 0 Å². The second kappa shape index (κ2) is 7.27. The number of fused-ring (bicyclic) bond motifs is 1. The predicted octanol–water partition coefficient (Wildman–Crippen LogP) is 3.44. The Balaban J connectivity index is 2.28. The Bertz CT molecular complexity index is 736. The average molecular weight is 359 g/mol. The van der Waals surface area contributed by atoms with E-state index < -0.39 is 11.2 Å². The van der Waals surface area contributed by atoms with Gasteiger partial charge in [-0.05, 0) is 78.0 Å². The minimum Gasteiger partial charge on any atom is -0.427 e. The predicted molar refractivity (Wildman–Crippen MR) is 107 cm³/mol. The Morgan fingerprint density at radius 1 is 1.08 bits per heavy atom. The Morgan fingerprint density at radius 3 is 2.36 bits per heavy atom. The summed E-state index contributed by atoms with van der Waals surface area (Å²) < 4.78 is 9.35. The van der Waals surface area contributed by atoms with Crippen molar-refractivity contribution in [2.24, 2.45) is 0 Å². The number of hydrogen-bond acceptors (Lipinski definition) is 5. The Kier molecular flexibility index (Phi) is 5.89. The fourth-order valence-corrected chi connectivity index (χ4v) is 2.74. The van der Waals surface area contributed by atoms with Crippen LogP contribution in [0, 0.1) is 0 Å². The first kappa shape index (κ1) is 20.2. The van der Waals surface area contributed by atoms with Gasteiger partial charge in [0, 0.05) is 22.0 Å². The molecule has 25 heavy (non-hydrogen) atoms. The molecule has 135 valence electrons. The molecule has 0 saturated heterocycles. The first-order chi connectivity index (χ1) is 11.4. The van der Waals surface area contributed by atoms with Gasteiger partial charge in [-0.15, -0.1) is 0 Å². The van der Waals surface area contributed by atoms with E-state index >= 15 is 0 Å². The van der Waals surface area contributed by atoms with Crippen molar-refractivity contribution >= 4 is 35.8 Å². The average Bonchev–Trinajstić information content (AvgIpc) is 2.49. The van der Waals surface area contributed by atoms with Gasteiger partial charge in [-0.1, -0.05) is 12.1 Å².